The number of anilines is 1. The lowest BCUT2D eigenvalue weighted by molar-refractivity contribution is 0.309. The van der Waals surface area contributed by atoms with Gasteiger partial charge in [0.25, 0.3) is 0 Å². The topological polar surface area (TPSA) is 64.9 Å². The molecule has 0 bridgehead atoms. The van der Waals surface area contributed by atoms with Crippen LogP contribution in [0.1, 0.15) is 45.0 Å². The molecule has 0 saturated carbocycles. The fraction of sp³-hybridized carbons (Fsp3) is 0.333. The molecule has 0 fully saturated rings. The second-order valence-electron chi connectivity index (χ2n) is 6.87. The van der Waals surface area contributed by atoms with Gasteiger partial charge >= 0.3 is 0 Å². The molecule has 0 atom stereocenters. The summed E-state index contributed by atoms with van der Waals surface area (Å²) in [6, 6.07) is 16.2. The maximum absolute atomic E-state index is 9.76. The molecular formula is C24H28N4O. The van der Waals surface area contributed by atoms with Crippen molar-refractivity contribution in [3.05, 3.63) is 53.9 Å². The van der Waals surface area contributed by atoms with Gasteiger partial charge in [0.2, 0.25) is 0 Å². The molecule has 2 aromatic carbocycles. The van der Waals surface area contributed by atoms with Gasteiger partial charge in [0.1, 0.15) is 17.6 Å². The van der Waals surface area contributed by atoms with Crippen LogP contribution in [0.4, 0.5) is 5.69 Å². The van der Waals surface area contributed by atoms with Gasteiger partial charge in [0, 0.05) is 30.4 Å². The van der Waals surface area contributed by atoms with Gasteiger partial charge in [-0.05, 0) is 50.6 Å². The van der Waals surface area contributed by atoms with Gasteiger partial charge in [-0.3, -0.25) is 0 Å². The van der Waals surface area contributed by atoms with E-state index >= 15 is 0 Å². The van der Waals surface area contributed by atoms with E-state index in [0.717, 1.165) is 54.0 Å². The summed E-state index contributed by atoms with van der Waals surface area (Å²) in [5.41, 5.74) is 4.26. The number of benzene rings is 2. The number of nitrogens with zero attached hydrogens (tertiary/aromatic N) is 3. The lowest BCUT2D eigenvalue weighted by atomic mass is 10.1. The van der Waals surface area contributed by atoms with Crippen LogP contribution >= 0.6 is 0 Å². The number of allylic oxidation sites excluding steroid dienone is 1. The van der Waals surface area contributed by atoms with Crippen molar-refractivity contribution in [2.24, 2.45) is 0 Å². The van der Waals surface area contributed by atoms with Crippen LogP contribution in [0.5, 0.6) is 5.75 Å². The lowest BCUT2D eigenvalue weighted by Crippen LogP contribution is -2.21. The van der Waals surface area contributed by atoms with Crippen molar-refractivity contribution < 1.29 is 4.74 Å². The van der Waals surface area contributed by atoms with Crippen LogP contribution in [0.15, 0.2) is 42.5 Å². The van der Waals surface area contributed by atoms with Crippen molar-refractivity contribution in [3.63, 3.8) is 0 Å². The van der Waals surface area contributed by atoms with Gasteiger partial charge < -0.3 is 14.6 Å². The van der Waals surface area contributed by atoms with Crippen molar-refractivity contribution in [2.75, 3.05) is 24.6 Å². The first-order valence-electron chi connectivity index (χ1n) is 10.3. The highest BCUT2D eigenvalue weighted by Crippen LogP contribution is 2.30. The molecule has 0 unspecified atom stereocenters. The maximum Gasteiger partial charge on any atom is 0.149 e. The van der Waals surface area contributed by atoms with Crippen LogP contribution in [0, 0.1) is 11.3 Å². The molecule has 5 nitrogen and oxygen atoms in total. The van der Waals surface area contributed by atoms with Crippen LogP contribution < -0.4 is 9.64 Å². The van der Waals surface area contributed by atoms with E-state index in [-0.39, 0.29) is 0 Å². The monoisotopic (exact) mass is 388 g/mol. The minimum Gasteiger partial charge on any atom is -0.493 e. The number of nitriles is 1. The zero-order chi connectivity index (χ0) is 20.6. The first kappa shape index (κ1) is 20.5. The van der Waals surface area contributed by atoms with Crippen molar-refractivity contribution >= 4 is 28.4 Å². The second kappa shape index (κ2) is 9.79. The Bertz CT molecular complexity index is 992. The van der Waals surface area contributed by atoms with Gasteiger partial charge in [-0.25, -0.2) is 4.98 Å². The highest BCUT2D eigenvalue weighted by atomic mass is 16.5. The molecule has 0 aliphatic carbocycles. The molecule has 0 saturated heterocycles. The van der Waals surface area contributed by atoms with Crippen LogP contribution in [-0.4, -0.2) is 29.7 Å². The Hall–Kier alpha value is -3.26. The fourth-order valence-electron chi connectivity index (χ4n) is 3.27. The summed E-state index contributed by atoms with van der Waals surface area (Å²) in [5, 5.41) is 9.76. The third-order valence-corrected chi connectivity index (χ3v) is 4.95. The third kappa shape index (κ3) is 4.78. The maximum atomic E-state index is 9.76. The molecule has 150 valence electrons. The molecule has 5 heteroatoms. The summed E-state index contributed by atoms with van der Waals surface area (Å²) < 4.78 is 6.09. The second-order valence-corrected chi connectivity index (χ2v) is 6.87. The molecule has 29 heavy (non-hydrogen) atoms. The minimum atomic E-state index is 0.483. The molecule has 1 aromatic heterocycles. The van der Waals surface area contributed by atoms with E-state index in [2.05, 4.69) is 53.8 Å². The Morgan fingerprint density at radius 2 is 1.97 bits per heavy atom. The number of H-pyrrole nitrogens is 1. The number of aromatic amines is 1. The molecule has 0 aliphatic rings. The fourth-order valence-corrected chi connectivity index (χ4v) is 3.27. The number of imidazole rings is 1. The predicted octanol–water partition coefficient (Wildman–Crippen LogP) is 5.65. The highest BCUT2D eigenvalue weighted by molar-refractivity contribution is 5.91. The SMILES string of the molecule is CCCCOc1cc(N(CC)CC)ccc1/C=C(\C#N)c1nc2ccccc2[nH]1. The number of para-hydroxylation sites is 2. The summed E-state index contributed by atoms with van der Waals surface area (Å²) in [5.74, 6) is 1.37. The molecule has 1 heterocycles. The van der Waals surface area contributed by atoms with E-state index in [4.69, 9.17) is 4.74 Å². The molecule has 0 aliphatic heterocycles. The molecule has 3 aromatic rings. The van der Waals surface area contributed by atoms with Gasteiger partial charge in [-0.15, -0.1) is 0 Å². The molecule has 1 N–H and O–H groups in total. The van der Waals surface area contributed by atoms with E-state index in [1.807, 2.05) is 36.4 Å². The predicted molar refractivity (Wildman–Crippen MR) is 120 cm³/mol. The molecule has 3 rings (SSSR count). The average Bonchev–Trinajstić information content (AvgIpc) is 3.18. The van der Waals surface area contributed by atoms with Crippen LogP contribution in [0.25, 0.3) is 22.7 Å². The van der Waals surface area contributed by atoms with E-state index in [9.17, 15) is 5.26 Å². The Kier molecular flexibility index (Phi) is 6.91. The summed E-state index contributed by atoms with van der Waals surface area (Å²) in [4.78, 5) is 10.1. The number of nitrogens with one attached hydrogen (secondary N) is 1. The first-order chi connectivity index (χ1) is 14.2. The summed E-state index contributed by atoms with van der Waals surface area (Å²) in [6.45, 7) is 8.96. The summed E-state index contributed by atoms with van der Waals surface area (Å²) in [6.07, 6.45) is 3.92. The van der Waals surface area contributed by atoms with Crippen LogP contribution in [0.2, 0.25) is 0 Å². The van der Waals surface area contributed by atoms with Crippen molar-refractivity contribution in [1.29, 1.82) is 5.26 Å². The van der Waals surface area contributed by atoms with Crippen LogP contribution in [0.3, 0.4) is 0 Å². The number of unbranched alkanes of at least 4 members (excludes halogenated alkanes) is 1. The standard InChI is InChI=1S/C24H28N4O/c1-4-7-14-29-23-16-20(28(5-2)6-3)13-12-18(23)15-19(17-25)24-26-21-10-8-9-11-22(21)27-24/h8-13,15-16H,4-7,14H2,1-3H3,(H,26,27)/b19-15+. The minimum absolute atomic E-state index is 0.483. The zero-order valence-corrected chi connectivity index (χ0v) is 17.4. The van der Waals surface area contributed by atoms with Crippen molar-refractivity contribution in [2.45, 2.75) is 33.6 Å². The highest BCUT2D eigenvalue weighted by Gasteiger charge is 2.12. The Balaban J connectivity index is 2.00. The Morgan fingerprint density at radius 1 is 1.17 bits per heavy atom. The molecule has 0 spiro atoms. The number of aromatic nitrogens is 2. The van der Waals surface area contributed by atoms with E-state index in [0.29, 0.717) is 18.0 Å². The van der Waals surface area contributed by atoms with E-state index in [1.54, 1.807) is 0 Å². The van der Waals surface area contributed by atoms with Gasteiger partial charge in [0.05, 0.1) is 23.2 Å². The Labute approximate surface area is 172 Å². The number of rotatable bonds is 9. The number of hydrogen-bond donors (Lipinski definition) is 1. The normalized spacial score (nSPS) is 11.4. The zero-order valence-electron chi connectivity index (χ0n) is 17.4. The third-order valence-electron chi connectivity index (χ3n) is 4.95. The van der Waals surface area contributed by atoms with E-state index < -0.39 is 0 Å². The van der Waals surface area contributed by atoms with Gasteiger partial charge in [0.15, 0.2) is 0 Å². The van der Waals surface area contributed by atoms with Gasteiger partial charge in [-0.1, -0.05) is 25.5 Å². The Morgan fingerprint density at radius 3 is 2.66 bits per heavy atom. The summed E-state index contributed by atoms with van der Waals surface area (Å²) in [7, 11) is 0. The molecule has 0 radical (unpaired) electrons. The van der Waals surface area contributed by atoms with Crippen molar-refractivity contribution in [1.82, 2.24) is 9.97 Å². The lowest BCUT2D eigenvalue weighted by Gasteiger charge is -2.22. The molecular weight excluding hydrogens is 360 g/mol. The number of hydrogen-bond acceptors (Lipinski definition) is 4. The van der Waals surface area contributed by atoms with Crippen molar-refractivity contribution in [3.8, 4) is 11.8 Å². The smallest absolute Gasteiger partial charge is 0.149 e. The number of fused-ring (bicyclic) bond motifs is 1. The average molecular weight is 389 g/mol. The number of ether oxygens (including phenoxy) is 1. The quantitative estimate of drug-likeness (QED) is 0.380. The molecule has 0 amide bonds. The van der Waals surface area contributed by atoms with Gasteiger partial charge in [-0.2, -0.15) is 5.26 Å². The largest absolute Gasteiger partial charge is 0.493 e. The first-order valence-corrected chi connectivity index (χ1v) is 10.3. The summed E-state index contributed by atoms with van der Waals surface area (Å²) >= 11 is 0. The van der Waals surface area contributed by atoms with Crippen LogP contribution in [-0.2, 0) is 0 Å². The van der Waals surface area contributed by atoms with E-state index in [1.165, 1.54) is 0 Å².